The van der Waals surface area contributed by atoms with Crippen molar-refractivity contribution in [3.05, 3.63) is 52.5 Å². The molecule has 0 saturated heterocycles. The Hall–Kier alpha value is -2.09. The second-order valence-electron chi connectivity index (χ2n) is 5.85. The fraction of sp³-hybridized carbons (Fsp3) is 0.235. The van der Waals surface area contributed by atoms with Crippen LogP contribution in [0, 0.1) is 6.92 Å². The average Bonchev–Trinajstić information content (AvgIpc) is 2.98. The van der Waals surface area contributed by atoms with Crippen molar-refractivity contribution < 1.29 is 17.9 Å². The van der Waals surface area contributed by atoms with E-state index < -0.39 is 10.0 Å². The quantitative estimate of drug-likeness (QED) is 0.880. The smallest absolute Gasteiger partial charge is 0.264 e. The number of sulfonamides is 1. The maximum absolute atomic E-state index is 12.5. The summed E-state index contributed by atoms with van der Waals surface area (Å²) in [6, 6.07) is 9.85. The number of nitrogens with two attached hydrogens (primary N) is 1. The third-order valence-corrected chi connectivity index (χ3v) is 5.24. The van der Waals surface area contributed by atoms with Crippen molar-refractivity contribution >= 4 is 33.2 Å². The van der Waals surface area contributed by atoms with Gasteiger partial charge in [0.15, 0.2) is 6.61 Å². The molecule has 2 N–H and O–H groups in total. The molecule has 0 spiro atoms. The molecule has 1 aliphatic heterocycles. The molecule has 132 valence electrons. The van der Waals surface area contributed by atoms with Gasteiger partial charge in [-0.15, -0.1) is 0 Å². The molecule has 0 bridgehead atoms. The molecule has 0 aromatic heterocycles. The van der Waals surface area contributed by atoms with Crippen molar-refractivity contribution in [3.8, 4) is 5.75 Å². The number of fused-ring (bicyclic) bond motifs is 1. The van der Waals surface area contributed by atoms with Gasteiger partial charge in [-0.2, -0.15) is 0 Å². The summed E-state index contributed by atoms with van der Waals surface area (Å²) in [5.74, 6) is 0.235. The number of hydrogen-bond acceptors (Lipinski definition) is 4. The first-order valence-electron chi connectivity index (χ1n) is 7.61. The molecule has 1 aliphatic rings. The maximum Gasteiger partial charge on any atom is 0.264 e. The summed E-state index contributed by atoms with van der Waals surface area (Å²) >= 11 is 6.06. The normalized spacial score (nSPS) is 13.6. The maximum atomic E-state index is 12.5. The van der Waals surface area contributed by atoms with Crippen molar-refractivity contribution in [3.63, 3.8) is 0 Å². The highest BCUT2D eigenvalue weighted by atomic mass is 35.5. The van der Waals surface area contributed by atoms with Crippen LogP contribution in [0.15, 0.2) is 41.3 Å². The Morgan fingerprint density at radius 1 is 1.28 bits per heavy atom. The van der Waals surface area contributed by atoms with Crippen molar-refractivity contribution in [1.82, 2.24) is 0 Å². The zero-order valence-electron chi connectivity index (χ0n) is 13.5. The zero-order chi connectivity index (χ0) is 18.2. The van der Waals surface area contributed by atoms with Crippen LogP contribution in [0.5, 0.6) is 5.75 Å². The SMILES string of the molecule is Cc1ccc(Cl)c(OCC(=O)N2CCc3cc(S(N)(=O)=O)ccc32)c1. The third-order valence-electron chi connectivity index (χ3n) is 4.01. The molecule has 0 aliphatic carbocycles. The fourth-order valence-electron chi connectivity index (χ4n) is 2.75. The number of benzene rings is 2. The van der Waals surface area contributed by atoms with E-state index >= 15 is 0 Å². The van der Waals surface area contributed by atoms with E-state index in [1.807, 2.05) is 13.0 Å². The highest BCUT2D eigenvalue weighted by Crippen LogP contribution is 2.30. The first-order chi connectivity index (χ1) is 11.8. The van der Waals surface area contributed by atoms with Crippen molar-refractivity contribution in [2.24, 2.45) is 5.14 Å². The summed E-state index contributed by atoms with van der Waals surface area (Å²) < 4.78 is 28.4. The molecule has 0 saturated carbocycles. The topological polar surface area (TPSA) is 89.7 Å². The Balaban J connectivity index is 1.74. The lowest BCUT2D eigenvalue weighted by Crippen LogP contribution is -2.33. The van der Waals surface area contributed by atoms with Gasteiger partial charge in [-0.1, -0.05) is 17.7 Å². The van der Waals surface area contributed by atoms with Crippen LogP contribution in [-0.4, -0.2) is 27.5 Å². The number of anilines is 1. The van der Waals surface area contributed by atoms with E-state index in [9.17, 15) is 13.2 Å². The summed E-state index contributed by atoms with van der Waals surface area (Å²) in [6.45, 7) is 2.22. The monoisotopic (exact) mass is 380 g/mol. The zero-order valence-corrected chi connectivity index (χ0v) is 15.1. The summed E-state index contributed by atoms with van der Waals surface area (Å²) in [5, 5.41) is 5.59. The number of nitrogens with zero attached hydrogens (tertiary/aromatic N) is 1. The number of halogens is 1. The first-order valence-corrected chi connectivity index (χ1v) is 9.53. The van der Waals surface area contributed by atoms with E-state index in [2.05, 4.69) is 0 Å². The highest BCUT2D eigenvalue weighted by molar-refractivity contribution is 7.89. The number of aryl methyl sites for hydroxylation is 1. The summed E-state index contributed by atoms with van der Waals surface area (Å²) in [5.41, 5.74) is 2.43. The largest absolute Gasteiger partial charge is 0.482 e. The number of carbonyl (C=O) groups is 1. The standard InChI is InChI=1S/C17H17ClN2O4S/c1-11-2-4-14(18)16(8-11)24-10-17(21)20-7-6-12-9-13(25(19,22)23)3-5-15(12)20/h2-5,8-9H,6-7,10H2,1H3,(H2,19,22,23). The molecule has 0 unspecified atom stereocenters. The minimum absolute atomic E-state index is 0.0448. The summed E-state index contributed by atoms with van der Waals surface area (Å²) in [6.07, 6.45) is 0.565. The molecule has 3 rings (SSSR count). The second-order valence-corrected chi connectivity index (χ2v) is 7.82. The number of carbonyl (C=O) groups excluding carboxylic acids is 1. The molecule has 0 fully saturated rings. The van der Waals surface area contributed by atoms with Gasteiger partial charge in [0.05, 0.1) is 9.92 Å². The first kappa shape index (κ1) is 17.7. The van der Waals surface area contributed by atoms with Gasteiger partial charge in [0.2, 0.25) is 10.0 Å². The van der Waals surface area contributed by atoms with Crippen LogP contribution in [0.3, 0.4) is 0 Å². The number of primary sulfonamides is 1. The molecule has 2 aromatic rings. The Morgan fingerprint density at radius 2 is 2.04 bits per heavy atom. The molecule has 0 radical (unpaired) electrons. The lowest BCUT2D eigenvalue weighted by atomic mass is 10.2. The van der Waals surface area contributed by atoms with Gasteiger partial charge in [-0.3, -0.25) is 4.79 Å². The van der Waals surface area contributed by atoms with Gasteiger partial charge in [0.25, 0.3) is 5.91 Å². The Morgan fingerprint density at radius 3 is 2.76 bits per heavy atom. The van der Waals surface area contributed by atoms with Crippen LogP contribution < -0.4 is 14.8 Å². The molecule has 25 heavy (non-hydrogen) atoms. The van der Waals surface area contributed by atoms with Crippen molar-refractivity contribution in [2.45, 2.75) is 18.2 Å². The van der Waals surface area contributed by atoms with Crippen LogP contribution in [-0.2, 0) is 21.2 Å². The molecule has 6 nitrogen and oxygen atoms in total. The molecule has 2 aromatic carbocycles. The summed E-state index contributed by atoms with van der Waals surface area (Å²) in [4.78, 5) is 14.1. The molecular weight excluding hydrogens is 364 g/mol. The van der Waals surface area contributed by atoms with Gasteiger partial charge >= 0.3 is 0 Å². The van der Waals surface area contributed by atoms with Crippen LogP contribution in [0.4, 0.5) is 5.69 Å². The van der Waals surface area contributed by atoms with E-state index in [0.29, 0.717) is 29.4 Å². The van der Waals surface area contributed by atoms with E-state index in [-0.39, 0.29) is 17.4 Å². The Labute approximate surface area is 151 Å². The van der Waals surface area contributed by atoms with E-state index in [1.165, 1.54) is 12.1 Å². The molecule has 1 amide bonds. The van der Waals surface area contributed by atoms with Crippen molar-refractivity contribution in [2.75, 3.05) is 18.1 Å². The number of hydrogen-bond donors (Lipinski definition) is 1. The van der Waals surface area contributed by atoms with Gasteiger partial charge in [0.1, 0.15) is 5.75 Å². The number of ether oxygens (including phenoxy) is 1. The summed E-state index contributed by atoms with van der Waals surface area (Å²) in [7, 11) is -3.76. The fourth-order valence-corrected chi connectivity index (χ4v) is 3.49. The average molecular weight is 381 g/mol. The highest BCUT2D eigenvalue weighted by Gasteiger charge is 2.26. The minimum atomic E-state index is -3.76. The molecule has 1 heterocycles. The molecule has 0 atom stereocenters. The van der Waals surface area contributed by atoms with E-state index in [0.717, 1.165) is 11.1 Å². The van der Waals surface area contributed by atoms with Crippen LogP contribution >= 0.6 is 11.6 Å². The lowest BCUT2D eigenvalue weighted by molar-refractivity contribution is -0.120. The second kappa shape index (κ2) is 6.67. The van der Waals surface area contributed by atoms with E-state index in [4.69, 9.17) is 21.5 Å². The van der Waals surface area contributed by atoms with Gasteiger partial charge in [-0.05, 0) is 54.8 Å². The third kappa shape index (κ3) is 3.78. The molecular formula is C17H17ClN2O4S. The predicted octanol–water partition coefficient (Wildman–Crippen LogP) is 2.26. The van der Waals surface area contributed by atoms with Crippen LogP contribution in [0.2, 0.25) is 5.02 Å². The molecule has 8 heteroatoms. The number of rotatable bonds is 4. The van der Waals surface area contributed by atoms with Crippen molar-refractivity contribution in [1.29, 1.82) is 0 Å². The minimum Gasteiger partial charge on any atom is -0.482 e. The van der Waals surface area contributed by atoms with E-state index in [1.54, 1.807) is 23.1 Å². The van der Waals surface area contributed by atoms with Gasteiger partial charge in [-0.25, -0.2) is 13.6 Å². The lowest BCUT2D eigenvalue weighted by Gasteiger charge is -2.18. The number of amides is 1. The van der Waals surface area contributed by atoms with Crippen LogP contribution in [0.25, 0.3) is 0 Å². The predicted molar refractivity (Wildman–Crippen MR) is 95.6 cm³/mol. The Kier molecular flexibility index (Phi) is 4.73. The Bertz CT molecular complexity index is 944. The van der Waals surface area contributed by atoms with Gasteiger partial charge < -0.3 is 9.64 Å². The van der Waals surface area contributed by atoms with Gasteiger partial charge in [0, 0.05) is 12.2 Å². The van der Waals surface area contributed by atoms with Crippen LogP contribution in [0.1, 0.15) is 11.1 Å².